The normalized spacial score (nSPS) is 16.2. The van der Waals surface area contributed by atoms with Crippen molar-refractivity contribution in [3.8, 4) is 0 Å². The van der Waals surface area contributed by atoms with Gasteiger partial charge in [0.05, 0.1) is 6.42 Å². The Labute approximate surface area is 147 Å². The van der Waals surface area contributed by atoms with Crippen LogP contribution in [0.1, 0.15) is 21.5 Å². The van der Waals surface area contributed by atoms with Gasteiger partial charge in [0, 0.05) is 31.4 Å². The van der Waals surface area contributed by atoms with Crippen LogP contribution >= 0.6 is 0 Å². The van der Waals surface area contributed by atoms with Crippen molar-refractivity contribution in [2.24, 2.45) is 11.7 Å². The number of amides is 2. The van der Waals surface area contributed by atoms with Gasteiger partial charge in [-0.3, -0.25) is 9.59 Å². The second-order valence-electron chi connectivity index (χ2n) is 6.58. The van der Waals surface area contributed by atoms with Crippen LogP contribution in [-0.4, -0.2) is 32.0 Å². The first-order valence-corrected chi connectivity index (χ1v) is 8.48. The second-order valence-corrected chi connectivity index (χ2v) is 6.58. The average Bonchev–Trinajstić information content (AvgIpc) is 2.60. The van der Waals surface area contributed by atoms with Crippen molar-refractivity contribution < 1.29 is 9.59 Å². The lowest BCUT2D eigenvalue weighted by molar-refractivity contribution is -0.120. The van der Waals surface area contributed by atoms with Crippen molar-refractivity contribution in [2.45, 2.75) is 12.8 Å². The van der Waals surface area contributed by atoms with Gasteiger partial charge < -0.3 is 16.0 Å². The highest BCUT2D eigenvalue weighted by molar-refractivity contribution is 5.95. The third-order valence-corrected chi connectivity index (χ3v) is 4.67. The monoisotopic (exact) mass is 337 g/mol. The molecule has 2 aromatic rings. The standard InChI is InChI=1S/C20H23N3O2/c1-23-13-14(10-16-7-3-5-9-18(16)23)12-22-19(24)11-15-6-2-4-8-17(15)20(21)25/h2-9,14H,10-13H2,1H3,(H2,21,25)(H,22,24). The zero-order chi connectivity index (χ0) is 17.8. The van der Waals surface area contributed by atoms with E-state index in [-0.39, 0.29) is 12.3 Å². The maximum Gasteiger partial charge on any atom is 0.248 e. The van der Waals surface area contributed by atoms with Crippen LogP contribution in [0.15, 0.2) is 48.5 Å². The molecule has 1 aliphatic rings. The fourth-order valence-corrected chi connectivity index (χ4v) is 3.46. The van der Waals surface area contributed by atoms with Crippen LogP contribution in [0.4, 0.5) is 5.69 Å². The first-order valence-electron chi connectivity index (χ1n) is 8.48. The Morgan fingerprint density at radius 1 is 1.16 bits per heavy atom. The highest BCUT2D eigenvalue weighted by Gasteiger charge is 2.22. The minimum Gasteiger partial charge on any atom is -0.374 e. The summed E-state index contributed by atoms with van der Waals surface area (Å²) in [6.45, 7) is 1.53. The van der Waals surface area contributed by atoms with Gasteiger partial charge in [0.25, 0.3) is 0 Å². The van der Waals surface area contributed by atoms with Crippen molar-refractivity contribution in [1.82, 2.24) is 5.32 Å². The summed E-state index contributed by atoms with van der Waals surface area (Å²) in [5, 5.41) is 3.00. The molecule has 0 radical (unpaired) electrons. The number of rotatable bonds is 5. The summed E-state index contributed by atoms with van der Waals surface area (Å²) < 4.78 is 0. The maximum atomic E-state index is 12.3. The summed E-state index contributed by atoms with van der Waals surface area (Å²) in [5.41, 5.74) is 9.02. The van der Waals surface area contributed by atoms with E-state index < -0.39 is 5.91 Å². The van der Waals surface area contributed by atoms with E-state index in [1.807, 2.05) is 18.2 Å². The van der Waals surface area contributed by atoms with E-state index in [1.165, 1.54) is 11.3 Å². The number of carbonyl (C=O) groups is 2. The summed E-state index contributed by atoms with van der Waals surface area (Å²) in [6, 6.07) is 15.3. The summed E-state index contributed by atoms with van der Waals surface area (Å²) in [7, 11) is 2.08. The van der Waals surface area contributed by atoms with E-state index in [9.17, 15) is 9.59 Å². The molecule has 0 fully saturated rings. The van der Waals surface area contributed by atoms with E-state index in [0.29, 0.717) is 23.6 Å². The van der Waals surface area contributed by atoms with Gasteiger partial charge in [0.1, 0.15) is 0 Å². The number of para-hydroxylation sites is 1. The molecule has 2 aromatic carbocycles. The van der Waals surface area contributed by atoms with Crippen LogP contribution in [0, 0.1) is 5.92 Å². The molecule has 1 aliphatic heterocycles. The molecule has 0 aromatic heterocycles. The van der Waals surface area contributed by atoms with Crippen molar-refractivity contribution >= 4 is 17.5 Å². The van der Waals surface area contributed by atoms with Gasteiger partial charge in [-0.2, -0.15) is 0 Å². The van der Waals surface area contributed by atoms with E-state index in [2.05, 4.69) is 29.4 Å². The Morgan fingerprint density at radius 3 is 2.68 bits per heavy atom. The predicted octanol–water partition coefficient (Wildman–Crippen LogP) is 1.75. The van der Waals surface area contributed by atoms with Crippen molar-refractivity contribution in [2.75, 3.05) is 25.0 Å². The second kappa shape index (κ2) is 7.38. The molecule has 5 heteroatoms. The van der Waals surface area contributed by atoms with Gasteiger partial charge in [-0.15, -0.1) is 0 Å². The SMILES string of the molecule is CN1CC(CNC(=O)Cc2ccccc2C(N)=O)Cc2ccccc21. The minimum absolute atomic E-state index is 0.0878. The molecular formula is C20H23N3O2. The number of fused-ring (bicyclic) bond motifs is 1. The van der Waals surface area contributed by atoms with Crippen LogP contribution in [0.25, 0.3) is 0 Å². The molecule has 0 saturated carbocycles. The Balaban J connectivity index is 1.58. The highest BCUT2D eigenvalue weighted by Crippen LogP contribution is 2.27. The molecule has 25 heavy (non-hydrogen) atoms. The van der Waals surface area contributed by atoms with Crippen LogP contribution in [0.3, 0.4) is 0 Å². The number of nitrogens with zero attached hydrogens (tertiary/aromatic N) is 1. The average molecular weight is 337 g/mol. The van der Waals surface area contributed by atoms with Gasteiger partial charge in [-0.1, -0.05) is 36.4 Å². The molecule has 130 valence electrons. The van der Waals surface area contributed by atoms with Gasteiger partial charge in [-0.25, -0.2) is 0 Å². The summed E-state index contributed by atoms with van der Waals surface area (Å²) in [6.07, 6.45) is 1.12. The molecular weight excluding hydrogens is 314 g/mol. The molecule has 1 heterocycles. The molecule has 3 N–H and O–H groups in total. The number of benzene rings is 2. The third-order valence-electron chi connectivity index (χ3n) is 4.67. The Morgan fingerprint density at radius 2 is 1.88 bits per heavy atom. The van der Waals surface area contributed by atoms with Crippen LogP contribution in [-0.2, 0) is 17.6 Å². The highest BCUT2D eigenvalue weighted by atomic mass is 16.2. The van der Waals surface area contributed by atoms with Gasteiger partial charge in [0.15, 0.2) is 0 Å². The molecule has 3 rings (SSSR count). The van der Waals surface area contributed by atoms with Crippen molar-refractivity contribution in [3.63, 3.8) is 0 Å². The lowest BCUT2D eigenvalue weighted by atomic mass is 9.92. The van der Waals surface area contributed by atoms with E-state index in [0.717, 1.165) is 13.0 Å². The van der Waals surface area contributed by atoms with Gasteiger partial charge >= 0.3 is 0 Å². The molecule has 5 nitrogen and oxygen atoms in total. The van der Waals surface area contributed by atoms with E-state index in [1.54, 1.807) is 18.2 Å². The number of nitrogens with two attached hydrogens (primary N) is 1. The van der Waals surface area contributed by atoms with E-state index >= 15 is 0 Å². The number of primary amides is 1. The largest absolute Gasteiger partial charge is 0.374 e. The maximum absolute atomic E-state index is 12.3. The predicted molar refractivity (Wildman–Crippen MR) is 98.6 cm³/mol. The number of hydrogen-bond acceptors (Lipinski definition) is 3. The fourth-order valence-electron chi connectivity index (χ4n) is 3.46. The smallest absolute Gasteiger partial charge is 0.248 e. The third kappa shape index (κ3) is 3.99. The Kier molecular flexibility index (Phi) is 5.03. The van der Waals surface area contributed by atoms with Crippen molar-refractivity contribution in [3.05, 3.63) is 65.2 Å². The number of hydrogen-bond donors (Lipinski definition) is 2. The zero-order valence-corrected chi connectivity index (χ0v) is 14.4. The number of carbonyl (C=O) groups excluding carboxylic acids is 2. The Hall–Kier alpha value is -2.82. The lowest BCUT2D eigenvalue weighted by Gasteiger charge is -2.33. The molecule has 2 amide bonds. The van der Waals surface area contributed by atoms with Gasteiger partial charge in [0.2, 0.25) is 11.8 Å². The quantitative estimate of drug-likeness (QED) is 0.873. The van der Waals surface area contributed by atoms with Crippen LogP contribution in [0.5, 0.6) is 0 Å². The molecule has 0 bridgehead atoms. The summed E-state index contributed by atoms with van der Waals surface area (Å²) in [5.74, 6) is -0.223. The topological polar surface area (TPSA) is 75.4 Å². The Bertz CT molecular complexity index is 788. The fraction of sp³-hybridized carbons (Fsp3) is 0.300. The molecule has 1 atom stereocenters. The molecule has 1 unspecified atom stereocenters. The molecule has 0 aliphatic carbocycles. The lowest BCUT2D eigenvalue weighted by Crippen LogP contribution is -2.40. The summed E-state index contributed by atoms with van der Waals surface area (Å²) >= 11 is 0. The van der Waals surface area contributed by atoms with Crippen molar-refractivity contribution in [1.29, 1.82) is 0 Å². The zero-order valence-electron chi connectivity index (χ0n) is 14.4. The first kappa shape index (κ1) is 17.0. The number of anilines is 1. The minimum atomic E-state index is -0.506. The molecule has 0 spiro atoms. The van der Waals surface area contributed by atoms with Gasteiger partial charge in [-0.05, 0) is 35.6 Å². The molecule has 0 saturated heterocycles. The van der Waals surface area contributed by atoms with Crippen LogP contribution < -0.4 is 16.0 Å². The number of nitrogens with one attached hydrogen (secondary N) is 1. The first-order chi connectivity index (χ1) is 12.0. The summed E-state index contributed by atoms with van der Waals surface area (Å²) in [4.78, 5) is 26.0. The van der Waals surface area contributed by atoms with E-state index in [4.69, 9.17) is 5.73 Å². The van der Waals surface area contributed by atoms with Crippen LogP contribution in [0.2, 0.25) is 0 Å².